The average Bonchev–Trinajstić information content (AvgIpc) is 3.17. The molecule has 2 aliphatic rings. The lowest BCUT2D eigenvalue weighted by Gasteiger charge is -2.32. The lowest BCUT2D eigenvalue weighted by molar-refractivity contribution is -0.142. The molecule has 1 saturated heterocycles. The molecule has 1 aliphatic carbocycles. The molecular formula is C19H22ClNO4. The molecule has 1 aromatic carbocycles. The Bertz CT molecular complexity index is 705. The maximum atomic E-state index is 12.6. The van der Waals surface area contributed by atoms with Crippen LogP contribution in [-0.4, -0.2) is 40.8 Å². The zero-order valence-electron chi connectivity index (χ0n) is 14.4. The lowest BCUT2D eigenvalue weighted by atomic mass is 9.88. The van der Waals surface area contributed by atoms with Crippen LogP contribution in [0.25, 0.3) is 0 Å². The van der Waals surface area contributed by atoms with Gasteiger partial charge in [-0.15, -0.1) is 0 Å². The molecule has 25 heavy (non-hydrogen) atoms. The van der Waals surface area contributed by atoms with Gasteiger partial charge in [0, 0.05) is 29.6 Å². The second-order valence-electron chi connectivity index (χ2n) is 7.59. The highest BCUT2D eigenvalue weighted by Gasteiger charge is 2.66. The molecule has 134 valence electrons. The van der Waals surface area contributed by atoms with Crippen LogP contribution in [0.5, 0.6) is 0 Å². The van der Waals surface area contributed by atoms with Gasteiger partial charge >= 0.3 is 5.97 Å². The number of carbonyl (C=O) groups is 3. The van der Waals surface area contributed by atoms with E-state index >= 15 is 0 Å². The van der Waals surface area contributed by atoms with E-state index in [1.165, 1.54) is 0 Å². The van der Waals surface area contributed by atoms with E-state index in [4.69, 9.17) is 11.6 Å². The van der Waals surface area contributed by atoms with Crippen molar-refractivity contribution >= 4 is 29.3 Å². The number of halogens is 1. The minimum absolute atomic E-state index is 0.0823. The standard InChI is InChI=1S/C19H22ClNO4/c1-19(2)14(15(19)18(24)25)17(23)21-9-7-12(8-10-21)16(22)11-3-5-13(20)6-4-11/h3-6,12,14-15H,7-10H2,1-2H3,(H,24,25)/t14-,15+/m1/s1. The third-order valence-corrected chi connectivity index (χ3v) is 5.92. The van der Waals surface area contributed by atoms with Gasteiger partial charge in [-0.2, -0.15) is 0 Å². The summed E-state index contributed by atoms with van der Waals surface area (Å²) in [7, 11) is 0. The van der Waals surface area contributed by atoms with Crippen molar-refractivity contribution in [2.75, 3.05) is 13.1 Å². The van der Waals surface area contributed by atoms with E-state index in [0.717, 1.165) is 0 Å². The second-order valence-corrected chi connectivity index (χ2v) is 8.02. The third kappa shape index (κ3) is 3.30. The van der Waals surface area contributed by atoms with Gasteiger partial charge in [-0.1, -0.05) is 25.4 Å². The number of Topliss-reactive ketones (excluding diaryl/α,β-unsaturated/α-hetero) is 1. The van der Waals surface area contributed by atoms with E-state index in [1.807, 2.05) is 13.8 Å². The van der Waals surface area contributed by atoms with E-state index in [-0.39, 0.29) is 17.6 Å². The van der Waals surface area contributed by atoms with Crippen molar-refractivity contribution < 1.29 is 19.5 Å². The monoisotopic (exact) mass is 363 g/mol. The Morgan fingerprint density at radius 3 is 2.12 bits per heavy atom. The summed E-state index contributed by atoms with van der Waals surface area (Å²) in [6.07, 6.45) is 1.22. The summed E-state index contributed by atoms with van der Waals surface area (Å²) < 4.78 is 0. The number of rotatable bonds is 4. The highest BCUT2D eigenvalue weighted by Crippen LogP contribution is 2.59. The number of amides is 1. The minimum Gasteiger partial charge on any atom is -0.481 e. The summed E-state index contributed by atoms with van der Waals surface area (Å²) in [6.45, 7) is 4.65. The molecule has 0 aromatic heterocycles. The van der Waals surface area contributed by atoms with Crippen molar-refractivity contribution in [1.29, 1.82) is 0 Å². The first kappa shape index (κ1) is 17.9. The minimum atomic E-state index is -0.906. The van der Waals surface area contributed by atoms with Crippen molar-refractivity contribution in [2.24, 2.45) is 23.2 Å². The molecule has 5 nitrogen and oxygen atoms in total. The van der Waals surface area contributed by atoms with Crippen LogP contribution < -0.4 is 0 Å². The van der Waals surface area contributed by atoms with Crippen molar-refractivity contribution in [3.05, 3.63) is 34.9 Å². The highest BCUT2D eigenvalue weighted by molar-refractivity contribution is 6.30. The summed E-state index contributed by atoms with van der Waals surface area (Å²) in [6, 6.07) is 6.86. The Morgan fingerprint density at radius 1 is 1.08 bits per heavy atom. The smallest absolute Gasteiger partial charge is 0.307 e. The van der Waals surface area contributed by atoms with Crippen LogP contribution in [0.1, 0.15) is 37.0 Å². The van der Waals surface area contributed by atoms with E-state index in [0.29, 0.717) is 36.5 Å². The lowest BCUT2D eigenvalue weighted by Crippen LogP contribution is -2.41. The Balaban J connectivity index is 1.59. The molecule has 1 aliphatic heterocycles. The molecule has 1 aromatic rings. The SMILES string of the molecule is CC1(C)[C@H](C(=O)O)[C@@H]1C(=O)N1CCC(C(=O)c2ccc(Cl)cc2)CC1. The number of nitrogens with zero attached hydrogens (tertiary/aromatic N) is 1. The van der Waals surface area contributed by atoms with Crippen LogP contribution in [-0.2, 0) is 9.59 Å². The largest absolute Gasteiger partial charge is 0.481 e. The van der Waals surface area contributed by atoms with Gasteiger partial charge in [0.15, 0.2) is 5.78 Å². The van der Waals surface area contributed by atoms with Gasteiger partial charge in [-0.25, -0.2) is 0 Å². The number of hydrogen-bond donors (Lipinski definition) is 1. The quantitative estimate of drug-likeness (QED) is 0.834. The van der Waals surface area contributed by atoms with Gasteiger partial charge in [-0.3, -0.25) is 14.4 Å². The van der Waals surface area contributed by atoms with Crippen molar-refractivity contribution in [3.8, 4) is 0 Å². The van der Waals surface area contributed by atoms with E-state index in [2.05, 4.69) is 0 Å². The maximum Gasteiger partial charge on any atom is 0.307 e. The number of ketones is 1. The number of carbonyl (C=O) groups excluding carboxylic acids is 2. The van der Waals surface area contributed by atoms with Crippen LogP contribution in [0, 0.1) is 23.2 Å². The topological polar surface area (TPSA) is 74.7 Å². The molecule has 6 heteroatoms. The molecule has 0 bridgehead atoms. The Hall–Kier alpha value is -1.88. The van der Waals surface area contributed by atoms with Gasteiger partial charge in [-0.05, 0) is 42.5 Å². The highest BCUT2D eigenvalue weighted by atomic mass is 35.5. The molecule has 2 fully saturated rings. The van der Waals surface area contributed by atoms with Crippen LogP contribution >= 0.6 is 11.6 Å². The Labute approximate surface area is 152 Å². The van der Waals surface area contributed by atoms with Gasteiger partial charge < -0.3 is 10.0 Å². The number of hydrogen-bond acceptors (Lipinski definition) is 3. The van der Waals surface area contributed by atoms with Crippen LogP contribution in [0.3, 0.4) is 0 Å². The fourth-order valence-corrected chi connectivity index (χ4v) is 4.09. The van der Waals surface area contributed by atoms with Gasteiger partial charge in [0.05, 0.1) is 11.8 Å². The molecular weight excluding hydrogens is 342 g/mol. The first-order valence-corrected chi connectivity index (χ1v) is 8.92. The van der Waals surface area contributed by atoms with E-state index in [9.17, 15) is 19.5 Å². The molecule has 2 atom stereocenters. The zero-order chi connectivity index (χ0) is 18.4. The fourth-order valence-electron chi connectivity index (χ4n) is 3.97. The van der Waals surface area contributed by atoms with Crippen molar-refractivity contribution in [3.63, 3.8) is 0 Å². The molecule has 3 rings (SSSR count). The summed E-state index contributed by atoms with van der Waals surface area (Å²) in [5.41, 5.74) is 0.155. The third-order valence-electron chi connectivity index (χ3n) is 5.67. The number of carboxylic acids is 1. The van der Waals surface area contributed by atoms with Crippen LogP contribution in [0.2, 0.25) is 5.02 Å². The summed E-state index contributed by atoms with van der Waals surface area (Å²) in [4.78, 5) is 38.2. The summed E-state index contributed by atoms with van der Waals surface area (Å²) in [5, 5.41) is 9.84. The Kier molecular flexibility index (Phi) is 4.62. The molecule has 0 radical (unpaired) electrons. The number of likely N-dealkylation sites (tertiary alicyclic amines) is 1. The number of aliphatic carboxylic acids is 1. The van der Waals surface area contributed by atoms with Crippen molar-refractivity contribution in [2.45, 2.75) is 26.7 Å². The van der Waals surface area contributed by atoms with E-state index < -0.39 is 23.2 Å². The van der Waals surface area contributed by atoms with Crippen LogP contribution in [0.15, 0.2) is 24.3 Å². The van der Waals surface area contributed by atoms with Gasteiger partial charge in [0.25, 0.3) is 0 Å². The molecule has 0 spiro atoms. The van der Waals surface area contributed by atoms with Crippen molar-refractivity contribution in [1.82, 2.24) is 4.90 Å². The predicted molar refractivity (Wildman–Crippen MR) is 93.5 cm³/mol. The molecule has 0 unspecified atom stereocenters. The maximum absolute atomic E-state index is 12.6. The number of piperidine rings is 1. The average molecular weight is 364 g/mol. The number of benzene rings is 1. The molecule has 1 heterocycles. The number of carboxylic acid groups (broad SMARTS) is 1. The fraction of sp³-hybridized carbons (Fsp3) is 0.526. The summed E-state index contributed by atoms with van der Waals surface area (Å²) >= 11 is 5.85. The zero-order valence-corrected chi connectivity index (χ0v) is 15.1. The normalized spacial score (nSPS) is 25.5. The van der Waals surface area contributed by atoms with Gasteiger partial charge in [0.1, 0.15) is 0 Å². The summed E-state index contributed by atoms with van der Waals surface area (Å²) in [5.74, 6) is -2.07. The predicted octanol–water partition coefficient (Wildman–Crippen LogP) is 3.12. The molecule has 1 amide bonds. The first-order chi connectivity index (χ1) is 11.7. The second kappa shape index (κ2) is 6.45. The first-order valence-electron chi connectivity index (χ1n) is 8.55. The van der Waals surface area contributed by atoms with E-state index in [1.54, 1.807) is 29.2 Å². The van der Waals surface area contributed by atoms with Crippen LogP contribution in [0.4, 0.5) is 0 Å². The molecule has 1 saturated carbocycles. The molecule has 1 N–H and O–H groups in total. The Morgan fingerprint density at radius 2 is 1.64 bits per heavy atom. The van der Waals surface area contributed by atoms with Gasteiger partial charge in [0.2, 0.25) is 5.91 Å².